The number of hydrogen-bond acceptors (Lipinski definition) is 7. The Morgan fingerprint density at radius 2 is 1.14 bits per heavy atom. The van der Waals surface area contributed by atoms with Crippen LogP contribution in [0.15, 0.2) is 77.4 Å². The highest BCUT2D eigenvalue weighted by Gasteiger charge is 2.42. The SMILES string of the molecule is N#CC(C#N)=C1C2=C(C=CC(OC(F)(F)F)C2)c2c1cc1c(c2-c2ccc(OC(F)(F)F)cc2)-c2ccc(OC(F)(F)F)cc2C1=C(C#N)C#N. The first-order chi connectivity index (χ1) is 24.0. The van der Waals surface area contributed by atoms with E-state index >= 15 is 0 Å². The summed E-state index contributed by atoms with van der Waals surface area (Å²) in [6, 6.07) is 15.7. The first kappa shape index (κ1) is 34.4. The molecule has 0 fully saturated rings. The van der Waals surface area contributed by atoms with Crippen LogP contribution in [-0.4, -0.2) is 25.2 Å². The van der Waals surface area contributed by atoms with Crippen molar-refractivity contribution in [1.29, 1.82) is 21.0 Å². The molecule has 0 aromatic heterocycles. The Labute approximate surface area is 280 Å². The van der Waals surface area contributed by atoms with Crippen molar-refractivity contribution < 1.29 is 53.7 Å². The molecule has 0 heterocycles. The van der Waals surface area contributed by atoms with Gasteiger partial charge in [-0.3, -0.25) is 4.74 Å². The third kappa shape index (κ3) is 6.37. The quantitative estimate of drug-likeness (QED) is 0.153. The summed E-state index contributed by atoms with van der Waals surface area (Å²) in [6.45, 7) is 0. The number of nitrogens with zero attached hydrogens (tertiary/aromatic N) is 4. The van der Waals surface area contributed by atoms with Crippen LogP contribution in [0.2, 0.25) is 0 Å². The number of alkyl halides is 9. The Hall–Kier alpha value is -6.49. The Morgan fingerprint density at radius 1 is 0.588 bits per heavy atom. The molecule has 0 saturated heterocycles. The van der Waals surface area contributed by atoms with Crippen LogP contribution in [0.3, 0.4) is 0 Å². The zero-order valence-electron chi connectivity index (χ0n) is 25.0. The van der Waals surface area contributed by atoms with Gasteiger partial charge in [0.15, 0.2) is 0 Å². The maximum Gasteiger partial charge on any atom is 0.573 e. The van der Waals surface area contributed by atoms with Gasteiger partial charge in [-0.05, 0) is 86.0 Å². The Kier molecular flexibility index (Phi) is 8.18. The number of allylic oxidation sites excluding steroid dienone is 5. The molecule has 0 aliphatic heterocycles. The highest BCUT2D eigenvalue weighted by Crippen LogP contribution is 2.59. The molecule has 0 N–H and O–H groups in total. The van der Waals surface area contributed by atoms with Gasteiger partial charge >= 0.3 is 19.1 Å². The lowest BCUT2D eigenvalue weighted by Crippen LogP contribution is -2.24. The molecule has 3 aliphatic carbocycles. The first-order valence-corrected chi connectivity index (χ1v) is 14.2. The van der Waals surface area contributed by atoms with E-state index in [9.17, 15) is 60.6 Å². The monoisotopic (exact) mass is 708 g/mol. The molecule has 3 aromatic carbocycles. The smallest absolute Gasteiger partial charge is 0.406 e. The van der Waals surface area contributed by atoms with Crippen LogP contribution in [0.5, 0.6) is 11.5 Å². The van der Waals surface area contributed by atoms with Crippen molar-refractivity contribution in [3.8, 4) is 58.0 Å². The highest BCUT2D eigenvalue weighted by molar-refractivity contribution is 6.17. The summed E-state index contributed by atoms with van der Waals surface area (Å²) in [5, 5.41) is 39.8. The van der Waals surface area contributed by atoms with Crippen LogP contribution in [0.4, 0.5) is 39.5 Å². The molecule has 0 saturated carbocycles. The third-order valence-electron chi connectivity index (χ3n) is 8.02. The number of benzene rings is 3. The molecule has 1 atom stereocenters. The average Bonchev–Trinajstić information content (AvgIpc) is 3.51. The van der Waals surface area contributed by atoms with Crippen molar-refractivity contribution in [2.24, 2.45) is 0 Å². The molecule has 1 unspecified atom stereocenters. The molecular weight excluding hydrogens is 695 g/mol. The summed E-state index contributed by atoms with van der Waals surface area (Å²) in [6.07, 6.45) is -14.9. The van der Waals surface area contributed by atoms with Gasteiger partial charge in [-0.15, -0.1) is 39.5 Å². The van der Waals surface area contributed by atoms with Crippen molar-refractivity contribution >= 4 is 16.7 Å². The van der Waals surface area contributed by atoms with E-state index < -0.39 is 54.3 Å². The number of rotatable bonds is 4. The summed E-state index contributed by atoms with van der Waals surface area (Å²) < 4.78 is 131. The van der Waals surface area contributed by atoms with Gasteiger partial charge in [-0.2, -0.15) is 21.0 Å². The normalized spacial score (nSPS) is 15.8. The van der Waals surface area contributed by atoms with Crippen LogP contribution in [-0.2, 0) is 4.74 Å². The average molecular weight is 708 g/mol. The first-order valence-electron chi connectivity index (χ1n) is 14.2. The summed E-state index contributed by atoms with van der Waals surface area (Å²) in [4.78, 5) is 0. The van der Waals surface area contributed by atoms with E-state index in [0.717, 1.165) is 30.3 Å². The summed E-state index contributed by atoms with van der Waals surface area (Å²) in [5.74, 6) is -1.33. The zero-order valence-corrected chi connectivity index (χ0v) is 25.0. The minimum Gasteiger partial charge on any atom is -0.406 e. The van der Waals surface area contributed by atoms with Crippen molar-refractivity contribution in [1.82, 2.24) is 0 Å². The van der Waals surface area contributed by atoms with Crippen LogP contribution in [0, 0.1) is 45.3 Å². The van der Waals surface area contributed by atoms with Crippen LogP contribution >= 0.6 is 0 Å². The third-order valence-corrected chi connectivity index (χ3v) is 8.02. The Bertz CT molecular complexity index is 2290. The maximum atomic E-state index is 13.3. The van der Waals surface area contributed by atoms with Crippen molar-refractivity contribution in [3.63, 3.8) is 0 Å². The molecule has 3 aromatic rings. The fourth-order valence-electron chi connectivity index (χ4n) is 6.44. The number of ether oxygens (including phenoxy) is 3. The van der Waals surface area contributed by atoms with E-state index in [-0.39, 0.29) is 66.8 Å². The second-order valence-corrected chi connectivity index (χ2v) is 10.9. The van der Waals surface area contributed by atoms with Gasteiger partial charge in [0.1, 0.15) is 46.9 Å². The van der Waals surface area contributed by atoms with Crippen LogP contribution in [0.1, 0.15) is 28.7 Å². The molecule has 0 amide bonds. The zero-order chi connectivity index (χ0) is 37.0. The van der Waals surface area contributed by atoms with E-state index in [1.165, 1.54) is 30.3 Å². The van der Waals surface area contributed by atoms with Gasteiger partial charge < -0.3 is 9.47 Å². The summed E-state index contributed by atoms with van der Waals surface area (Å²) in [7, 11) is 0. The molecule has 51 heavy (non-hydrogen) atoms. The van der Waals surface area contributed by atoms with Crippen LogP contribution < -0.4 is 9.47 Å². The largest absolute Gasteiger partial charge is 0.573 e. The standard InChI is InChI=1S/C35H13F9N4O3/c36-33(37,38)49-19-3-1-16(2-4-19)30-31-22-7-5-20(50-34(39,40)41)9-24(22)28(17(12-45)13-46)26(31)11-27-29(18(14-47)15-48)25-10-21(51-35(42,43)44)6-8-23(25)32(27)30/h1-9,11,21H,10H2. The number of hydrogen-bond donors (Lipinski definition) is 0. The van der Waals surface area contributed by atoms with Gasteiger partial charge in [0, 0.05) is 17.6 Å². The Morgan fingerprint density at radius 3 is 1.71 bits per heavy atom. The van der Waals surface area contributed by atoms with Crippen molar-refractivity contribution in [2.45, 2.75) is 31.6 Å². The van der Waals surface area contributed by atoms with Gasteiger partial charge in [0.05, 0.1) is 6.10 Å². The number of fused-ring (bicyclic) bond motifs is 5. The van der Waals surface area contributed by atoms with Crippen molar-refractivity contribution in [2.75, 3.05) is 0 Å². The number of halogens is 9. The molecular formula is C35H13F9N4O3. The van der Waals surface area contributed by atoms with Gasteiger partial charge in [-0.1, -0.05) is 30.4 Å². The topological polar surface area (TPSA) is 123 Å². The van der Waals surface area contributed by atoms with Crippen molar-refractivity contribution in [3.05, 3.63) is 99.7 Å². The number of nitriles is 4. The molecule has 3 aliphatic rings. The lowest BCUT2D eigenvalue weighted by Gasteiger charge is -2.22. The van der Waals surface area contributed by atoms with Gasteiger partial charge in [0.2, 0.25) is 0 Å². The highest BCUT2D eigenvalue weighted by atomic mass is 19.4. The van der Waals surface area contributed by atoms with Gasteiger partial charge in [-0.25, -0.2) is 0 Å². The van der Waals surface area contributed by atoms with Gasteiger partial charge in [0.25, 0.3) is 0 Å². The van der Waals surface area contributed by atoms with E-state index in [4.69, 9.17) is 0 Å². The van der Waals surface area contributed by atoms with E-state index in [1.807, 2.05) is 0 Å². The second kappa shape index (κ2) is 12.1. The molecule has 7 nitrogen and oxygen atoms in total. The minimum atomic E-state index is -5.13. The maximum absolute atomic E-state index is 13.3. The van der Waals surface area contributed by atoms with Crippen LogP contribution in [0.25, 0.3) is 39.0 Å². The minimum absolute atomic E-state index is 0.0382. The summed E-state index contributed by atoms with van der Waals surface area (Å²) in [5.41, 5.74) is -0.220. The second-order valence-electron chi connectivity index (χ2n) is 10.9. The molecule has 6 rings (SSSR count). The molecule has 0 radical (unpaired) electrons. The van der Waals surface area contributed by atoms with E-state index in [0.29, 0.717) is 0 Å². The van der Waals surface area contributed by atoms with E-state index in [2.05, 4.69) is 14.2 Å². The fourth-order valence-corrected chi connectivity index (χ4v) is 6.44. The predicted octanol–water partition coefficient (Wildman–Crippen LogP) is 9.41. The molecule has 16 heteroatoms. The van der Waals surface area contributed by atoms with E-state index in [1.54, 1.807) is 24.3 Å². The molecule has 0 bridgehead atoms. The lowest BCUT2D eigenvalue weighted by atomic mass is 9.84. The fraction of sp³-hybridized carbons (Fsp3) is 0.143. The summed E-state index contributed by atoms with van der Waals surface area (Å²) >= 11 is 0. The lowest BCUT2D eigenvalue weighted by molar-refractivity contribution is -0.336. The predicted molar refractivity (Wildman–Crippen MR) is 158 cm³/mol. The molecule has 254 valence electrons. The molecule has 0 spiro atoms. The Balaban J connectivity index is 1.73.